The van der Waals surface area contributed by atoms with E-state index >= 15 is 0 Å². The van der Waals surface area contributed by atoms with Gasteiger partial charge >= 0.3 is 0 Å². The number of aliphatic hydroxyl groups is 1. The Balaban J connectivity index is 2.16. The first-order valence-corrected chi connectivity index (χ1v) is 3.92. The first-order valence-electron chi connectivity index (χ1n) is 3.92. The molecule has 1 heterocycles. The molecule has 0 saturated heterocycles. The molecule has 1 N–H and O–H groups in total. The summed E-state index contributed by atoms with van der Waals surface area (Å²) in [6, 6.07) is 0.164. The van der Waals surface area contributed by atoms with E-state index in [2.05, 4.69) is 10.3 Å². The second-order valence-corrected chi connectivity index (χ2v) is 2.95. The van der Waals surface area contributed by atoms with Gasteiger partial charge in [0.1, 0.15) is 0 Å². The fourth-order valence-electron chi connectivity index (χ4n) is 1.62. The van der Waals surface area contributed by atoms with E-state index in [0.717, 1.165) is 19.3 Å². The van der Waals surface area contributed by atoms with Crippen molar-refractivity contribution in [2.24, 2.45) is 0 Å². The third-order valence-electron chi connectivity index (χ3n) is 2.22. The molecule has 4 nitrogen and oxygen atoms in total. The summed E-state index contributed by atoms with van der Waals surface area (Å²) in [7, 11) is 0. The van der Waals surface area contributed by atoms with Gasteiger partial charge in [-0.1, -0.05) is 5.21 Å². The van der Waals surface area contributed by atoms with E-state index in [9.17, 15) is 5.11 Å². The van der Waals surface area contributed by atoms with Crippen molar-refractivity contribution in [3.63, 3.8) is 0 Å². The number of rotatable bonds is 1. The van der Waals surface area contributed by atoms with Crippen LogP contribution in [0, 0.1) is 0 Å². The number of aromatic nitrogens is 3. The van der Waals surface area contributed by atoms with E-state index in [-0.39, 0.29) is 12.1 Å². The third-order valence-corrected chi connectivity index (χ3v) is 2.22. The molecule has 1 aromatic heterocycles. The van der Waals surface area contributed by atoms with Crippen LogP contribution in [-0.4, -0.2) is 26.2 Å². The summed E-state index contributed by atoms with van der Waals surface area (Å²) >= 11 is 0. The fourth-order valence-corrected chi connectivity index (χ4v) is 1.62. The standard InChI is InChI=1S/C7H11N3O/c11-7-3-1-2-6(7)10-5-4-8-9-10/h4-7,11H,1-3H2/t6-,7-/m0/s1. The normalized spacial score (nSPS) is 31.0. The van der Waals surface area contributed by atoms with Crippen molar-refractivity contribution in [3.05, 3.63) is 12.4 Å². The Kier molecular flexibility index (Phi) is 1.62. The van der Waals surface area contributed by atoms with Gasteiger partial charge in [0, 0.05) is 6.20 Å². The lowest BCUT2D eigenvalue weighted by molar-refractivity contribution is 0.129. The molecule has 60 valence electrons. The maximum atomic E-state index is 9.47. The molecule has 11 heavy (non-hydrogen) atoms. The summed E-state index contributed by atoms with van der Waals surface area (Å²) < 4.78 is 1.75. The zero-order valence-electron chi connectivity index (χ0n) is 6.22. The van der Waals surface area contributed by atoms with Gasteiger partial charge < -0.3 is 5.11 Å². The summed E-state index contributed by atoms with van der Waals surface area (Å²) in [5.41, 5.74) is 0. The first kappa shape index (κ1) is 6.79. The molecule has 0 aromatic carbocycles. The second kappa shape index (κ2) is 2.62. The summed E-state index contributed by atoms with van der Waals surface area (Å²) in [6.45, 7) is 0. The van der Waals surface area contributed by atoms with Gasteiger partial charge in [0.05, 0.1) is 18.3 Å². The van der Waals surface area contributed by atoms with Gasteiger partial charge in [-0.3, -0.25) is 0 Å². The van der Waals surface area contributed by atoms with Gasteiger partial charge in [-0.2, -0.15) is 0 Å². The fraction of sp³-hybridized carbons (Fsp3) is 0.714. The van der Waals surface area contributed by atoms with Crippen molar-refractivity contribution in [2.75, 3.05) is 0 Å². The maximum Gasteiger partial charge on any atom is 0.0795 e. The van der Waals surface area contributed by atoms with Crippen LogP contribution in [0.5, 0.6) is 0 Å². The van der Waals surface area contributed by atoms with Gasteiger partial charge in [-0.05, 0) is 19.3 Å². The molecule has 2 atom stereocenters. The van der Waals surface area contributed by atoms with Crippen molar-refractivity contribution in [1.29, 1.82) is 0 Å². The zero-order chi connectivity index (χ0) is 7.68. The quantitative estimate of drug-likeness (QED) is 0.634. The number of hydrogen-bond acceptors (Lipinski definition) is 3. The molecular formula is C7H11N3O. The molecule has 1 aromatic rings. The lowest BCUT2D eigenvalue weighted by Crippen LogP contribution is -2.18. The molecule has 0 bridgehead atoms. The van der Waals surface area contributed by atoms with Gasteiger partial charge in [-0.25, -0.2) is 4.68 Å². The van der Waals surface area contributed by atoms with Crippen LogP contribution in [0.3, 0.4) is 0 Å². The Morgan fingerprint density at radius 3 is 2.91 bits per heavy atom. The molecule has 0 spiro atoms. The van der Waals surface area contributed by atoms with E-state index in [4.69, 9.17) is 0 Å². The number of nitrogens with zero attached hydrogens (tertiary/aromatic N) is 3. The zero-order valence-corrected chi connectivity index (χ0v) is 6.22. The third kappa shape index (κ3) is 1.14. The van der Waals surface area contributed by atoms with E-state index in [1.165, 1.54) is 0 Å². The molecule has 1 aliphatic rings. The van der Waals surface area contributed by atoms with Gasteiger partial charge in [0.2, 0.25) is 0 Å². The van der Waals surface area contributed by atoms with Crippen LogP contribution in [0.25, 0.3) is 0 Å². The van der Waals surface area contributed by atoms with Crippen molar-refractivity contribution in [1.82, 2.24) is 15.0 Å². The molecule has 0 aliphatic heterocycles. The minimum Gasteiger partial charge on any atom is -0.391 e. The molecule has 1 saturated carbocycles. The molecule has 0 unspecified atom stereocenters. The summed E-state index contributed by atoms with van der Waals surface area (Å²) in [4.78, 5) is 0. The smallest absolute Gasteiger partial charge is 0.0795 e. The SMILES string of the molecule is O[C@H]1CCC[C@@H]1n1ccnn1. The molecule has 0 radical (unpaired) electrons. The summed E-state index contributed by atoms with van der Waals surface area (Å²) in [5.74, 6) is 0. The van der Waals surface area contributed by atoms with Crippen molar-refractivity contribution in [3.8, 4) is 0 Å². The van der Waals surface area contributed by atoms with Crippen molar-refractivity contribution >= 4 is 0 Å². The average molecular weight is 153 g/mol. The predicted octanol–water partition coefficient (Wildman–Crippen LogP) is 0.364. The Morgan fingerprint density at radius 1 is 1.45 bits per heavy atom. The Hall–Kier alpha value is -0.900. The monoisotopic (exact) mass is 153 g/mol. The number of hydrogen-bond donors (Lipinski definition) is 1. The van der Waals surface area contributed by atoms with Crippen LogP contribution >= 0.6 is 0 Å². The molecule has 0 amide bonds. The van der Waals surface area contributed by atoms with E-state index in [1.54, 1.807) is 17.1 Å². The van der Waals surface area contributed by atoms with Crippen molar-refractivity contribution < 1.29 is 5.11 Å². The predicted molar refractivity (Wildman–Crippen MR) is 38.9 cm³/mol. The molecule has 4 heteroatoms. The van der Waals surface area contributed by atoms with Crippen LogP contribution in [0.1, 0.15) is 25.3 Å². The molecule has 1 aliphatic carbocycles. The first-order chi connectivity index (χ1) is 5.38. The molecule has 2 rings (SSSR count). The minimum atomic E-state index is -0.225. The van der Waals surface area contributed by atoms with Crippen molar-refractivity contribution in [2.45, 2.75) is 31.4 Å². The van der Waals surface area contributed by atoms with Crippen LogP contribution < -0.4 is 0 Å². The Labute approximate surface area is 64.8 Å². The largest absolute Gasteiger partial charge is 0.391 e. The highest BCUT2D eigenvalue weighted by molar-refractivity contribution is 4.82. The van der Waals surface area contributed by atoms with E-state index in [0.29, 0.717) is 0 Å². The highest BCUT2D eigenvalue weighted by atomic mass is 16.3. The number of aliphatic hydroxyl groups excluding tert-OH is 1. The highest BCUT2D eigenvalue weighted by Gasteiger charge is 2.26. The highest BCUT2D eigenvalue weighted by Crippen LogP contribution is 2.28. The molecule has 1 fully saturated rings. The lowest BCUT2D eigenvalue weighted by Gasteiger charge is -2.12. The summed E-state index contributed by atoms with van der Waals surface area (Å²) in [5, 5.41) is 17.0. The Bertz CT molecular complexity index is 222. The molecular weight excluding hydrogens is 142 g/mol. The second-order valence-electron chi connectivity index (χ2n) is 2.95. The lowest BCUT2D eigenvalue weighted by atomic mass is 10.2. The van der Waals surface area contributed by atoms with Gasteiger partial charge in [0.15, 0.2) is 0 Å². The van der Waals surface area contributed by atoms with E-state index < -0.39 is 0 Å². The van der Waals surface area contributed by atoms with Crippen LogP contribution in [0.15, 0.2) is 12.4 Å². The van der Waals surface area contributed by atoms with E-state index in [1.807, 2.05) is 0 Å². The summed E-state index contributed by atoms with van der Waals surface area (Å²) in [6.07, 6.45) is 6.22. The minimum absolute atomic E-state index is 0.164. The average Bonchev–Trinajstić information content (AvgIpc) is 2.55. The van der Waals surface area contributed by atoms with Crippen LogP contribution in [-0.2, 0) is 0 Å². The van der Waals surface area contributed by atoms with Gasteiger partial charge in [0.25, 0.3) is 0 Å². The maximum absolute atomic E-state index is 9.47. The van der Waals surface area contributed by atoms with Crippen LogP contribution in [0.4, 0.5) is 0 Å². The van der Waals surface area contributed by atoms with Crippen LogP contribution in [0.2, 0.25) is 0 Å². The van der Waals surface area contributed by atoms with Gasteiger partial charge in [-0.15, -0.1) is 5.10 Å². The Morgan fingerprint density at radius 2 is 2.36 bits per heavy atom. The topological polar surface area (TPSA) is 50.9 Å².